The molecule has 0 atom stereocenters. The van der Waals surface area contributed by atoms with E-state index in [4.69, 9.17) is 10.2 Å². The molecule has 0 bridgehead atoms. The van der Waals surface area contributed by atoms with E-state index in [1.54, 1.807) is 6.07 Å². The van der Waals surface area contributed by atoms with Gasteiger partial charge in [0, 0.05) is 19.6 Å². The lowest BCUT2D eigenvalue weighted by atomic mass is 10.1. The van der Waals surface area contributed by atoms with Crippen molar-refractivity contribution in [2.24, 2.45) is 5.73 Å². The highest BCUT2D eigenvalue weighted by Gasteiger charge is 2.25. The molecule has 0 saturated heterocycles. The van der Waals surface area contributed by atoms with Gasteiger partial charge in [-0.15, -0.1) is 12.4 Å². The number of nitrogens with zero attached hydrogens (tertiary/aromatic N) is 1. The van der Waals surface area contributed by atoms with E-state index in [1.165, 1.54) is 16.6 Å². The molecule has 2 rings (SSSR count). The van der Waals surface area contributed by atoms with Gasteiger partial charge >= 0.3 is 0 Å². The zero-order valence-electron chi connectivity index (χ0n) is 11.5. The summed E-state index contributed by atoms with van der Waals surface area (Å²) in [6.45, 7) is 0.925. The van der Waals surface area contributed by atoms with Crippen LogP contribution < -0.4 is 5.73 Å². The molecule has 0 radical (unpaired) electrons. The fourth-order valence-electron chi connectivity index (χ4n) is 1.93. The molecule has 1 aromatic heterocycles. The molecule has 1 heterocycles. The maximum atomic E-state index is 12.4. The van der Waals surface area contributed by atoms with Crippen LogP contribution in [0.15, 0.2) is 58.2 Å². The van der Waals surface area contributed by atoms with Crippen LogP contribution in [0.2, 0.25) is 0 Å². The van der Waals surface area contributed by atoms with Crippen LogP contribution in [-0.4, -0.2) is 32.4 Å². The number of benzene rings is 1. The topological polar surface area (TPSA) is 76.5 Å². The summed E-state index contributed by atoms with van der Waals surface area (Å²) in [6.07, 6.45) is 1.99. The molecule has 21 heavy (non-hydrogen) atoms. The SMILES string of the molecule is Cl.NCCN(CCc1ccccc1)S(=O)(=O)c1ccco1. The lowest BCUT2D eigenvalue weighted by Crippen LogP contribution is -2.36. The van der Waals surface area contributed by atoms with Gasteiger partial charge in [0.1, 0.15) is 0 Å². The van der Waals surface area contributed by atoms with Crippen molar-refractivity contribution in [2.45, 2.75) is 11.5 Å². The molecule has 0 aliphatic heterocycles. The lowest BCUT2D eigenvalue weighted by Gasteiger charge is -2.20. The van der Waals surface area contributed by atoms with Gasteiger partial charge in [0.15, 0.2) is 0 Å². The zero-order chi connectivity index (χ0) is 14.4. The summed E-state index contributed by atoms with van der Waals surface area (Å²) in [7, 11) is -3.60. The van der Waals surface area contributed by atoms with Crippen LogP contribution in [0, 0.1) is 0 Å². The Kier molecular flexibility index (Phi) is 6.91. The van der Waals surface area contributed by atoms with Crippen LogP contribution in [0.5, 0.6) is 0 Å². The monoisotopic (exact) mass is 330 g/mol. The predicted molar refractivity (Wildman–Crippen MR) is 83.9 cm³/mol. The lowest BCUT2D eigenvalue weighted by molar-refractivity contribution is 0.385. The van der Waals surface area contributed by atoms with E-state index in [2.05, 4.69) is 0 Å². The number of nitrogens with two attached hydrogens (primary N) is 1. The van der Waals surface area contributed by atoms with Gasteiger partial charge in [0.05, 0.1) is 6.26 Å². The number of rotatable bonds is 7. The van der Waals surface area contributed by atoms with Crippen molar-refractivity contribution >= 4 is 22.4 Å². The summed E-state index contributed by atoms with van der Waals surface area (Å²) in [5.74, 6) is 0. The van der Waals surface area contributed by atoms with Gasteiger partial charge in [0.2, 0.25) is 5.09 Å². The Morgan fingerprint density at radius 3 is 2.33 bits per heavy atom. The van der Waals surface area contributed by atoms with Gasteiger partial charge in [-0.3, -0.25) is 0 Å². The average Bonchev–Trinajstić information content (AvgIpc) is 2.99. The van der Waals surface area contributed by atoms with Gasteiger partial charge in [-0.2, -0.15) is 4.31 Å². The van der Waals surface area contributed by atoms with Crippen molar-refractivity contribution in [3.05, 3.63) is 54.3 Å². The number of hydrogen-bond acceptors (Lipinski definition) is 4. The maximum absolute atomic E-state index is 12.4. The van der Waals surface area contributed by atoms with Gasteiger partial charge in [-0.25, -0.2) is 8.42 Å². The molecule has 0 saturated carbocycles. The van der Waals surface area contributed by atoms with Crippen LogP contribution in [0.1, 0.15) is 5.56 Å². The second-order valence-corrected chi connectivity index (χ2v) is 6.23. The molecule has 0 amide bonds. The van der Waals surface area contributed by atoms with Crippen LogP contribution in [0.25, 0.3) is 0 Å². The standard InChI is InChI=1S/C14H18N2O3S.ClH/c15-9-11-16(10-8-13-5-2-1-3-6-13)20(17,18)14-7-4-12-19-14;/h1-7,12H,8-11,15H2;1H. The normalized spacial score (nSPS) is 11.3. The Morgan fingerprint density at radius 1 is 1.05 bits per heavy atom. The Hall–Kier alpha value is -1.34. The van der Waals surface area contributed by atoms with Crippen molar-refractivity contribution in [1.29, 1.82) is 0 Å². The largest absolute Gasteiger partial charge is 0.452 e. The molecule has 5 nitrogen and oxygen atoms in total. The molecule has 1 aromatic carbocycles. The highest BCUT2D eigenvalue weighted by Crippen LogP contribution is 2.16. The summed E-state index contributed by atoms with van der Waals surface area (Å²) in [5.41, 5.74) is 6.60. The van der Waals surface area contributed by atoms with Gasteiger partial charge < -0.3 is 10.2 Å². The highest BCUT2D eigenvalue weighted by molar-refractivity contribution is 7.89. The molecule has 116 valence electrons. The first kappa shape index (κ1) is 17.7. The smallest absolute Gasteiger partial charge is 0.276 e. The van der Waals surface area contributed by atoms with E-state index >= 15 is 0 Å². The van der Waals surface area contributed by atoms with Gasteiger partial charge in [-0.05, 0) is 24.1 Å². The van der Waals surface area contributed by atoms with Crippen LogP contribution >= 0.6 is 12.4 Å². The Balaban J connectivity index is 0.00000220. The van der Waals surface area contributed by atoms with Crippen molar-refractivity contribution in [3.63, 3.8) is 0 Å². The second-order valence-electron chi connectivity index (χ2n) is 4.36. The molecule has 0 unspecified atom stereocenters. The van der Waals surface area contributed by atoms with E-state index in [1.807, 2.05) is 30.3 Å². The average molecular weight is 331 g/mol. The van der Waals surface area contributed by atoms with Gasteiger partial charge in [0.25, 0.3) is 10.0 Å². The van der Waals surface area contributed by atoms with Crippen molar-refractivity contribution < 1.29 is 12.8 Å². The Morgan fingerprint density at radius 2 is 1.76 bits per heavy atom. The van der Waals surface area contributed by atoms with Gasteiger partial charge in [-0.1, -0.05) is 30.3 Å². The maximum Gasteiger partial charge on any atom is 0.276 e. The molecule has 2 N–H and O–H groups in total. The predicted octanol–water partition coefficient (Wildman–Crippen LogP) is 1.89. The first-order valence-corrected chi connectivity index (χ1v) is 7.86. The van der Waals surface area contributed by atoms with Crippen molar-refractivity contribution in [3.8, 4) is 0 Å². The number of sulfonamides is 1. The van der Waals surface area contributed by atoms with Crippen LogP contribution in [0.3, 0.4) is 0 Å². The minimum Gasteiger partial charge on any atom is -0.452 e. The number of halogens is 1. The minimum atomic E-state index is -3.60. The molecular weight excluding hydrogens is 312 g/mol. The molecule has 0 spiro atoms. The third-order valence-electron chi connectivity index (χ3n) is 2.96. The Labute approximate surface area is 131 Å². The van der Waals surface area contributed by atoms with Crippen LogP contribution in [0.4, 0.5) is 0 Å². The molecule has 7 heteroatoms. The first-order valence-electron chi connectivity index (χ1n) is 6.42. The molecule has 0 aliphatic rings. The zero-order valence-corrected chi connectivity index (χ0v) is 13.1. The number of hydrogen-bond donors (Lipinski definition) is 1. The highest BCUT2D eigenvalue weighted by atomic mass is 35.5. The third kappa shape index (κ3) is 4.57. The van der Waals surface area contributed by atoms with Crippen LogP contribution in [-0.2, 0) is 16.4 Å². The molecular formula is C14H19ClN2O3S. The second kappa shape index (κ2) is 8.19. The van der Waals surface area contributed by atoms with Crippen molar-refractivity contribution in [2.75, 3.05) is 19.6 Å². The van der Waals surface area contributed by atoms with E-state index in [0.29, 0.717) is 13.0 Å². The molecule has 0 aliphatic carbocycles. The fraction of sp³-hybridized carbons (Fsp3) is 0.286. The molecule has 2 aromatic rings. The summed E-state index contributed by atoms with van der Waals surface area (Å²) in [5, 5.41) is -0.0426. The quantitative estimate of drug-likeness (QED) is 0.841. The first-order chi connectivity index (χ1) is 9.64. The van der Waals surface area contributed by atoms with E-state index in [9.17, 15) is 8.42 Å². The van der Waals surface area contributed by atoms with E-state index in [-0.39, 0.29) is 30.6 Å². The summed E-state index contributed by atoms with van der Waals surface area (Å²) in [6, 6.07) is 12.8. The fourth-order valence-corrected chi connectivity index (χ4v) is 3.29. The molecule has 0 fully saturated rings. The third-order valence-corrected chi connectivity index (χ3v) is 4.75. The minimum absolute atomic E-state index is 0. The van der Waals surface area contributed by atoms with E-state index in [0.717, 1.165) is 5.56 Å². The van der Waals surface area contributed by atoms with Crippen molar-refractivity contribution in [1.82, 2.24) is 4.31 Å². The summed E-state index contributed by atoms with van der Waals surface area (Å²) < 4.78 is 31.1. The Bertz CT molecular complexity index is 615. The summed E-state index contributed by atoms with van der Waals surface area (Å²) >= 11 is 0. The number of furan rings is 1. The van der Waals surface area contributed by atoms with E-state index < -0.39 is 10.0 Å². The summed E-state index contributed by atoms with van der Waals surface area (Å²) in [4.78, 5) is 0.